The quantitative estimate of drug-likeness (QED) is 0.198. The maximum atomic E-state index is 11.8. The molecule has 5 nitrogen and oxygen atoms in total. The van der Waals surface area contributed by atoms with Crippen LogP contribution in [-0.4, -0.2) is 48.1 Å². The second-order valence-corrected chi connectivity index (χ2v) is 10.3. The normalized spacial score (nSPS) is 22.1. The molecule has 0 aromatic heterocycles. The number of amides is 2. The Balaban J connectivity index is 2.38. The minimum absolute atomic E-state index is 0.0275. The van der Waals surface area contributed by atoms with Crippen molar-refractivity contribution >= 4 is 23.6 Å². The molecule has 0 aromatic rings. The molecule has 1 aliphatic carbocycles. The average Bonchev–Trinajstić information content (AvgIpc) is 2.80. The fourth-order valence-electron chi connectivity index (χ4n) is 4.45. The van der Waals surface area contributed by atoms with Crippen LogP contribution in [0.1, 0.15) is 103 Å². The zero-order valence-electron chi connectivity index (χ0n) is 20.8. The van der Waals surface area contributed by atoms with E-state index in [0.717, 1.165) is 19.3 Å². The third kappa shape index (κ3) is 12.3. The van der Waals surface area contributed by atoms with Gasteiger partial charge in [0.05, 0.1) is 17.1 Å². The predicted octanol–water partition coefficient (Wildman–Crippen LogP) is 5.37. The molecule has 3 atom stereocenters. The van der Waals surface area contributed by atoms with Crippen molar-refractivity contribution in [3.05, 3.63) is 11.6 Å². The van der Waals surface area contributed by atoms with Crippen LogP contribution < -0.4 is 10.6 Å². The molecule has 0 aliphatic heterocycles. The highest BCUT2D eigenvalue weighted by atomic mass is 32.2. The third-order valence-corrected chi connectivity index (χ3v) is 7.95. The Bertz CT molecular complexity index is 553. The van der Waals surface area contributed by atoms with Crippen molar-refractivity contribution in [2.24, 2.45) is 5.92 Å². The topological polar surface area (TPSA) is 78.4 Å². The first-order valence-corrected chi connectivity index (χ1v) is 14.0. The Morgan fingerprint density at radius 1 is 0.938 bits per heavy atom. The van der Waals surface area contributed by atoms with Crippen LogP contribution in [0.15, 0.2) is 11.6 Å². The molecule has 186 valence electrons. The number of aliphatic hydroxyl groups is 1. The number of hydrogen-bond acceptors (Lipinski definition) is 4. The molecule has 1 saturated carbocycles. The highest BCUT2D eigenvalue weighted by Crippen LogP contribution is 2.38. The summed E-state index contributed by atoms with van der Waals surface area (Å²) < 4.78 is 0. The molecule has 1 rings (SSSR count). The molecule has 0 unspecified atom stereocenters. The maximum Gasteiger partial charge on any atom is 0.229 e. The Morgan fingerprint density at radius 2 is 1.50 bits per heavy atom. The minimum Gasteiger partial charge on any atom is -0.391 e. The van der Waals surface area contributed by atoms with Crippen LogP contribution in [0.5, 0.6) is 0 Å². The van der Waals surface area contributed by atoms with Crippen LogP contribution in [0, 0.1) is 5.92 Å². The lowest BCUT2D eigenvalue weighted by Crippen LogP contribution is -2.40. The van der Waals surface area contributed by atoms with E-state index in [1.54, 1.807) is 14.1 Å². The van der Waals surface area contributed by atoms with Gasteiger partial charge in [-0.25, -0.2) is 0 Å². The summed E-state index contributed by atoms with van der Waals surface area (Å²) in [5.41, 5.74) is 1.26. The lowest BCUT2D eigenvalue weighted by molar-refractivity contribution is -0.122. The Kier molecular flexibility index (Phi) is 16.7. The van der Waals surface area contributed by atoms with Gasteiger partial charge in [0.25, 0.3) is 0 Å². The number of carbonyl (C=O) groups excluding carboxylic acids is 2. The fraction of sp³-hybridized carbons (Fsp3) is 0.846. The van der Waals surface area contributed by atoms with Crippen LogP contribution in [0.4, 0.5) is 0 Å². The first-order chi connectivity index (χ1) is 15.5. The molecule has 6 heteroatoms. The zero-order chi connectivity index (χ0) is 23.6. The fourth-order valence-corrected chi connectivity index (χ4v) is 5.77. The maximum absolute atomic E-state index is 11.8. The van der Waals surface area contributed by atoms with Crippen molar-refractivity contribution in [3.63, 3.8) is 0 Å². The van der Waals surface area contributed by atoms with Crippen LogP contribution in [-0.2, 0) is 9.59 Å². The average molecular weight is 469 g/mol. The van der Waals surface area contributed by atoms with E-state index < -0.39 is 6.10 Å². The molecule has 3 N–H and O–H groups in total. The summed E-state index contributed by atoms with van der Waals surface area (Å²) in [6.07, 6.45) is 19.6. The number of aliphatic hydroxyl groups excluding tert-OH is 1. The first kappa shape index (κ1) is 29.0. The summed E-state index contributed by atoms with van der Waals surface area (Å²) in [7, 11) is 3.27. The standard InChI is InChI=1S/C26H48N2O3S/c1-4-5-6-7-8-9-10-11-12-13-14-15-16-21-17-18-22(19-23(29)27-2)25(31)26(21)32-20-24(30)28-3/h16,22,25-26,31H,4-15,17-20H2,1-3H3,(H,27,29)(H,28,30)/b21-16+/t22-,25-,26-/m0/s1. The lowest BCUT2D eigenvalue weighted by Gasteiger charge is -2.36. The van der Waals surface area contributed by atoms with Crippen LogP contribution in [0.25, 0.3) is 0 Å². The van der Waals surface area contributed by atoms with Crippen LogP contribution in [0.2, 0.25) is 0 Å². The van der Waals surface area contributed by atoms with E-state index >= 15 is 0 Å². The number of allylic oxidation sites excluding steroid dienone is 1. The zero-order valence-corrected chi connectivity index (χ0v) is 21.6. The van der Waals surface area contributed by atoms with Gasteiger partial charge in [0.15, 0.2) is 0 Å². The van der Waals surface area contributed by atoms with Gasteiger partial charge in [-0.15, -0.1) is 11.8 Å². The summed E-state index contributed by atoms with van der Waals surface area (Å²) in [4.78, 5) is 23.6. The highest BCUT2D eigenvalue weighted by Gasteiger charge is 2.36. The summed E-state index contributed by atoms with van der Waals surface area (Å²) >= 11 is 1.51. The molecule has 0 bridgehead atoms. The highest BCUT2D eigenvalue weighted by molar-refractivity contribution is 8.00. The summed E-state index contributed by atoms with van der Waals surface area (Å²) in [5.74, 6) is 0.231. The lowest BCUT2D eigenvalue weighted by atomic mass is 9.80. The number of nitrogens with one attached hydrogen (secondary N) is 2. The van der Waals surface area contributed by atoms with E-state index in [2.05, 4.69) is 23.6 Å². The second kappa shape index (κ2) is 18.4. The van der Waals surface area contributed by atoms with Crippen molar-refractivity contribution in [3.8, 4) is 0 Å². The summed E-state index contributed by atoms with van der Waals surface area (Å²) in [6.45, 7) is 2.26. The molecule has 2 amide bonds. The van der Waals surface area contributed by atoms with Gasteiger partial charge >= 0.3 is 0 Å². The number of unbranched alkanes of at least 4 members (excludes halogenated alkanes) is 11. The van der Waals surface area contributed by atoms with E-state index in [9.17, 15) is 14.7 Å². The number of hydrogen-bond donors (Lipinski definition) is 3. The number of carbonyl (C=O) groups is 2. The number of thioether (sulfide) groups is 1. The predicted molar refractivity (Wildman–Crippen MR) is 137 cm³/mol. The Hall–Kier alpha value is -1.01. The van der Waals surface area contributed by atoms with E-state index in [-0.39, 0.29) is 23.0 Å². The molecule has 32 heavy (non-hydrogen) atoms. The van der Waals surface area contributed by atoms with Crippen molar-refractivity contribution < 1.29 is 14.7 Å². The SMILES string of the molecule is CCCCCCCCCCCCC/C=C1\CC[C@@H](CC(=O)NC)[C@H](O)[C@H]1SCC(=O)NC. The van der Waals surface area contributed by atoms with Crippen molar-refractivity contribution in [1.82, 2.24) is 10.6 Å². The molecule has 0 radical (unpaired) electrons. The Labute approximate surface area is 201 Å². The van der Waals surface area contributed by atoms with E-state index in [4.69, 9.17) is 0 Å². The van der Waals surface area contributed by atoms with Crippen molar-refractivity contribution in [1.29, 1.82) is 0 Å². The second-order valence-electron chi connectivity index (χ2n) is 9.17. The molecular formula is C26H48N2O3S. The van der Waals surface area contributed by atoms with Crippen molar-refractivity contribution in [2.75, 3.05) is 19.8 Å². The van der Waals surface area contributed by atoms with Gasteiger partial charge in [-0.1, -0.05) is 82.8 Å². The van der Waals surface area contributed by atoms with Gasteiger partial charge in [0.1, 0.15) is 0 Å². The monoisotopic (exact) mass is 468 g/mol. The molecular weight excluding hydrogens is 420 g/mol. The van der Waals surface area contributed by atoms with E-state index in [1.807, 2.05) is 0 Å². The first-order valence-electron chi connectivity index (χ1n) is 12.9. The molecule has 0 heterocycles. The van der Waals surface area contributed by atoms with Crippen LogP contribution in [0.3, 0.4) is 0 Å². The van der Waals surface area contributed by atoms with Gasteiger partial charge in [0, 0.05) is 20.5 Å². The summed E-state index contributed by atoms with van der Waals surface area (Å²) in [5, 5.41) is 16.2. The van der Waals surface area contributed by atoms with E-state index in [1.165, 1.54) is 88.0 Å². The molecule has 1 fully saturated rings. The summed E-state index contributed by atoms with van der Waals surface area (Å²) in [6, 6.07) is 0. The van der Waals surface area contributed by atoms with Gasteiger partial charge in [0.2, 0.25) is 11.8 Å². The van der Waals surface area contributed by atoms with E-state index in [0.29, 0.717) is 12.2 Å². The minimum atomic E-state index is -0.584. The third-order valence-electron chi connectivity index (χ3n) is 6.58. The van der Waals surface area contributed by atoms with Gasteiger partial charge in [-0.05, 0) is 31.6 Å². The van der Waals surface area contributed by atoms with Gasteiger partial charge in [-0.2, -0.15) is 0 Å². The van der Waals surface area contributed by atoms with Crippen LogP contribution >= 0.6 is 11.8 Å². The number of rotatable bonds is 17. The largest absolute Gasteiger partial charge is 0.391 e. The molecule has 0 spiro atoms. The smallest absolute Gasteiger partial charge is 0.229 e. The molecule has 0 saturated heterocycles. The van der Waals surface area contributed by atoms with Gasteiger partial charge < -0.3 is 15.7 Å². The van der Waals surface area contributed by atoms with Crippen molar-refractivity contribution in [2.45, 2.75) is 115 Å². The van der Waals surface area contributed by atoms with Gasteiger partial charge in [-0.3, -0.25) is 9.59 Å². The Morgan fingerprint density at radius 3 is 2.06 bits per heavy atom. The molecule has 1 aliphatic rings. The molecule has 0 aromatic carbocycles.